The number of likely N-dealkylation sites (N-methyl/N-ethyl adjacent to an activating group) is 1. The molecule has 1 unspecified atom stereocenters. The predicted octanol–water partition coefficient (Wildman–Crippen LogP) is 2.90. The quantitative estimate of drug-likeness (QED) is 0.843. The summed E-state index contributed by atoms with van der Waals surface area (Å²) in [7, 11) is 3.74. The highest BCUT2D eigenvalue weighted by Crippen LogP contribution is 2.35. The first kappa shape index (κ1) is 17.7. The van der Waals surface area contributed by atoms with E-state index in [0.717, 1.165) is 5.56 Å². The molecule has 5 heteroatoms. The summed E-state index contributed by atoms with van der Waals surface area (Å²) in [6, 6.07) is 10.8. The highest BCUT2D eigenvalue weighted by molar-refractivity contribution is 5.78. The molecule has 1 aromatic carbocycles. The number of carbonyl (C=O) groups excluding carboxylic acids is 1. The molecule has 1 aliphatic rings. The zero-order chi connectivity index (χ0) is 17.6. The summed E-state index contributed by atoms with van der Waals surface area (Å²) in [6.45, 7) is 0.959. The Hall–Kier alpha value is -2.14. The normalized spacial score (nSPS) is 16.1. The van der Waals surface area contributed by atoms with E-state index in [1.807, 2.05) is 32.6 Å². The summed E-state index contributed by atoms with van der Waals surface area (Å²) in [5.74, 6) is 0.738. The van der Waals surface area contributed by atoms with Gasteiger partial charge < -0.3 is 10.2 Å². The van der Waals surface area contributed by atoms with Gasteiger partial charge in [-0.1, -0.05) is 43.2 Å². The molecule has 0 spiro atoms. The van der Waals surface area contributed by atoms with Crippen molar-refractivity contribution in [1.82, 2.24) is 20.0 Å². The first-order valence-electron chi connectivity index (χ1n) is 9.13. The fourth-order valence-electron chi connectivity index (χ4n) is 3.76. The van der Waals surface area contributed by atoms with Crippen molar-refractivity contribution >= 4 is 5.91 Å². The molecule has 0 radical (unpaired) electrons. The van der Waals surface area contributed by atoms with E-state index < -0.39 is 0 Å². The largest absolute Gasteiger partial charge is 0.340 e. The standard InChI is InChI=1S/C20H28N4O/c1-23(14-16-12-22-24(2)15-16)19(25)13-21-20(18-10-6-7-11-18)17-8-4-3-5-9-17/h3-5,8-9,12,15,18,20-21H,6-7,10-11,13-14H2,1-2H3. The smallest absolute Gasteiger partial charge is 0.236 e. The van der Waals surface area contributed by atoms with Crippen LogP contribution >= 0.6 is 0 Å². The van der Waals surface area contributed by atoms with Crippen LogP contribution in [0.3, 0.4) is 0 Å². The molecule has 3 rings (SSSR count). The summed E-state index contributed by atoms with van der Waals surface area (Å²) in [6.07, 6.45) is 8.83. The average molecular weight is 340 g/mol. The first-order chi connectivity index (χ1) is 12.1. The molecule has 0 aliphatic heterocycles. The molecule has 1 atom stereocenters. The molecule has 0 saturated heterocycles. The second-order valence-corrected chi connectivity index (χ2v) is 7.09. The van der Waals surface area contributed by atoms with Gasteiger partial charge in [-0.2, -0.15) is 5.10 Å². The monoisotopic (exact) mass is 340 g/mol. The van der Waals surface area contributed by atoms with Crippen LogP contribution in [0.1, 0.15) is 42.9 Å². The Labute approximate surface area is 150 Å². The fraction of sp³-hybridized carbons (Fsp3) is 0.500. The van der Waals surface area contributed by atoms with Gasteiger partial charge in [-0.25, -0.2) is 0 Å². The van der Waals surface area contributed by atoms with Crippen LogP contribution in [0.5, 0.6) is 0 Å². The lowest BCUT2D eigenvalue weighted by Gasteiger charge is -2.26. The molecule has 2 aromatic rings. The molecule has 134 valence electrons. The fourth-order valence-corrected chi connectivity index (χ4v) is 3.76. The molecule has 25 heavy (non-hydrogen) atoms. The Morgan fingerprint density at radius 2 is 2.04 bits per heavy atom. The number of benzene rings is 1. The zero-order valence-corrected chi connectivity index (χ0v) is 15.2. The second kappa shape index (κ2) is 8.30. The third-order valence-corrected chi connectivity index (χ3v) is 5.11. The van der Waals surface area contributed by atoms with Gasteiger partial charge in [0.2, 0.25) is 5.91 Å². The van der Waals surface area contributed by atoms with Crippen molar-refractivity contribution in [2.24, 2.45) is 13.0 Å². The lowest BCUT2D eigenvalue weighted by molar-refractivity contribution is -0.129. The summed E-state index contributed by atoms with van der Waals surface area (Å²) >= 11 is 0. The minimum Gasteiger partial charge on any atom is -0.340 e. The summed E-state index contributed by atoms with van der Waals surface area (Å²) in [5.41, 5.74) is 2.34. The molecule has 1 heterocycles. The maximum Gasteiger partial charge on any atom is 0.236 e. The van der Waals surface area contributed by atoms with E-state index in [0.29, 0.717) is 19.0 Å². The highest BCUT2D eigenvalue weighted by atomic mass is 16.2. The maximum absolute atomic E-state index is 12.5. The Morgan fingerprint density at radius 3 is 2.68 bits per heavy atom. The third-order valence-electron chi connectivity index (χ3n) is 5.11. The zero-order valence-electron chi connectivity index (χ0n) is 15.2. The van der Waals surface area contributed by atoms with Gasteiger partial charge in [0.1, 0.15) is 0 Å². The van der Waals surface area contributed by atoms with E-state index in [1.165, 1.54) is 31.2 Å². The number of nitrogens with zero attached hydrogens (tertiary/aromatic N) is 3. The Kier molecular flexibility index (Phi) is 5.87. The first-order valence-corrected chi connectivity index (χ1v) is 9.13. The van der Waals surface area contributed by atoms with Gasteiger partial charge in [0.15, 0.2) is 0 Å². The molecular weight excluding hydrogens is 312 g/mol. The van der Waals surface area contributed by atoms with Gasteiger partial charge in [-0.05, 0) is 24.3 Å². The van der Waals surface area contributed by atoms with Crippen LogP contribution in [0, 0.1) is 5.92 Å². The SMILES string of the molecule is CN(Cc1cnn(C)c1)C(=O)CNC(c1ccccc1)C1CCCC1. The highest BCUT2D eigenvalue weighted by Gasteiger charge is 2.26. The maximum atomic E-state index is 12.5. The molecule has 5 nitrogen and oxygen atoms in total. The van der Waals surface area contributed by atoms with Crippen LogP contribution in [0.15, 0.2) is 42.7 Å². The van der Waals surface area contributed by atoms with Crippen LogP contribution in [0.4, 0.5) is 0 Å². The van der Waals surface area contributed by atoms with Gasteiger partial charge in [-0.3, -0.25) is 9.48 Å². The molecule has 1 aromatic heterocycles. The van der Waals surface area contributed by atoms with Crippen LogP contribution in [-0.4, -0.2) is 34.2 Å². The van der Waals surface area contributed by atoms with Crippen LogP contribution < -0.4 is 5.32 Å². The molecule has 1 fully saturated rings. The Morgan fingerprint density at radius 1 is 1.32 bits per heavy atom. The van der Waals surface area contributed by atoms with Gasteiger partial charge in [-0.15, -0.1) is 0 Å². The lowest BCUT2D eigenvalue weighted by atomic mass is 9.91. The van der Waals surface area contributed by atoms with Crippen molar-refractivity contribution in [3.8, 4) is 0 Å². The van der Waals surface area contributed by atoms with Gasteiger partial charge in [0.05, 0.1) is 12.7 Å². The van der Waals surface area contributed by atoms with Crippen molar-refractivity contribution in [2.45, 2.75) is 38.3 Å². The second-order valence-electron chi connectivity index (χ2n) is 7.09. The minimum atomic E-state index is 0.114. The number of nitrogens with one attached hydrogen (secondary N) is 1. The topological polar surface area (TPSA) is 50.2 Å². The molecule has 1 saturated carbocycles. The molecule has 1 N–H and O–H groups in total. The van der Waals surface area contributed by atoms with E-state index in [-0.39, 0.29) is 11.9 Å². The summed E-state index contributed by atoms with van der Waals surface area (Å²) < 4.78 is 1.76. The van der Waals surface area contributed by atoms with E-state index in [9.17, 15) is 4.79 Å². The molecule has 1 amide bonds. The van der Waals surface area contributed by atoms with Crippen molar-refractivity contribution in [3.05, 3.63) is 53.9 Å². The minimum absolute atomic E-state index is 0.114. The predicted molar refractivity (Wildman–Crippen MR) is 98.8 cm³/mol. The van der Waals surface area contributed by atoms with Gasteiger partial charge in [0, 0.05) is 38.4 Å². The van der Waals surface area contributed by atoms with E-state index in [4.69, 9.17) is 0 Å². The number of aromatic nitrogens is 2. The number of aryl methyl sites for hydroxylation is 1. The number of amides is 1. The van der Waals surface area contributed by atoms with Crippen LogP contribution in [-0.2, 0) is 18.4 Å². The number of rotatable bonds is 7. The van der Waals surface area contributed by atoms with Gasteiger partial charge in [0.25, 0.3) is 0 Å². The summed E-state index contributed by atoms with van der Waals surface area (Å²) in [4.78, 5) is 14.3. The van der Waals surface area contributed by atoms with E-state index in [1.54, 1.807) is 9.58 Å². The summed E-state index contributed by atoms with van der Waals surface area (Å²) in [5, 5.41) is 7.70. The lowest BCUT2D eigenvalue weighted by Crippen LogP contribution is -2.38. The van der Waals surface area contributed by atoms with Crippen molar-refractivity contribution < 1.29 is 4.79 Å². The van der Waals surface area contributed by atoms with Crippen LogP contribution in [0.2, 0.25) is 0 Å². The van der Waals surface area contributed by atoms with E-state index >= 15 is 0 Å². The Balaban J connectivity index is 1.59. The van der Waals surface area contributed by atoms with Crippen LogP contribution in [0.25, 0.3) is 0 Å². The van der Waals surface area contributed by atoms with Crippen molar-refractivity contribution in [2.75, 3.05) is 13.6 Å². The van der Waals surface area contributed by atoms with Gasteiger partial charge >= 0.3 is 0 Å². The molecule has 0 bridgehead atoms. The van der Waals surface area contributed by atoms with E-state index in [2.05, 4.69) is 34.7 Å². The number of hydrogen-bond acceptors (Lipinski definition) is 3. The molecular formula is C20H28N4O. The average Bonchev–Trinajstić information content (AvgIpc) is 3.28. The number of hydrogen-bond donors (Lipinski definition) is 1. The third kappa shape index (κ3) is 4.69. The Bertz CT molecular complexity index is 676. The molecule has 1 aliphatic carbocycles. The number of carbonyl (C=O) groups is 1. The van der Waals surface area contributed by atoms with Crippen molar-refractivity contribution in [3.63, 3.8) is 0 Å². The van der Waals surface area contributed by atoms with Crippen molar-refractivity contribution in [1.29, 1.82) is 0 Å².